The van der Waals surface area contributed by atoms with Gasteiger partial charge in [-0.1, -0.05) is 36.4 Å². The van der Waals surface area contributed by atoms with Crippen LogP contribution in [0.15, 0.2) is 48.5 Å². The molecule has 2 aromatic rings. The van der Waals surface area contributed by atoms with Crippen LogP contribution in [0.4, 0.5) is 11.4 Å². The van der Waals surface area contributed by atoms with Crippen LogP contribution in [-0.2, 0) is 0 Å². The van der Waals surface area contributed by atoms with E-state index in [0.29, 0.717) is 17.3 Å². The van der Waals surface area contributed by atoms with E-state index in [4.69, 9.17) is 5.73 Å². The zero-order chi connectivity index (χ0) is 14.1. The minimum atomic E-state index is -0.961. The number of nitrogen functional groups attached to an aromatic ring is 1. The highest BCUT2D eigenvalue weighted by Crippen LogP contribution is 2.43. The summed E-state index contributed by atoms with van der Waals surface area (Å²) in [6, 6.07) is 15.4. The summed E-state index contributed by atoms with van der Waals surface area (Å²) in [5.41, 5.74) is 8.40. The van der Waals surface area contributed by atoms with Crippen molar-refractivity contribution < 1.29 is 9.90 Å². The highest BCUT2D eigenvalue weighted by molar-refractivity contribution is 5.97. The van der Waals surface area contributed by atoms with Crippen molar-refractivity contribution in [1.29, 1.82) is 0 Å². The number of anilines is 2. The van der Waals surface area contributed by atoms with Gasteiger partial charge in [0.1, 0.15) is 0 Å². The van der Waals surface area contributed by atoms with E-state index in [1.54, 1.807) is 18.2 Å². The molecule has 0 aromatic heterocycles. The Bertz CT molecular complexity index is 640. The van der Waals surface area contributed by atoms with Crippen LogP contribution >= 0.6 is 0 Å². The number of aromatic carboxylic acids is 1. The number of carbonyl (C=O) groups is 1. The molecule has 0 bridgehead atoms. The molecule has 4 nitrogen and oxygen atoms in total. The Morgan fingerprint density at radius 3 is 2.60 bits per heavy atom. The fourth-order valence-electron chi connectivity index (χ4n) is 2.52. The third-order valence-electron chi connectivity index (χ3n) is 3.67. The summed E-state index contributed by atoms with van der Waals surface area (Å²) in [5.74, 6) is -0.533. The van der Waals surface area contributed by atoms with Crippen molar-refractivity contribution in [3.63, 3.8) is 0 Å². The first-order valence-electron chi connectivity index (χ1n) is 6.60. The fraction of sp³-hybridized carbons (Fsp3) is 0.188. The molecule has 0 heterocycles. The molecule has 4 N–H and O–H groups in total. The average molecular weight is 268 g/mol. The smallest absolute Gasteiger partial charge is 0.337 e. The minimum absolute atomic E-state index is 0.226. The number of nitrogens with two attached hydrogens (primary N) is 1. The van der Waals surface area contributed by atoms with Crippen LogP contribution in [-0.4, -0.2) is 17.1 Å². The molecule has 0 saturated heterocycles. The second-order valence-corrected chi connectivity index (χ2v) is 5.08. The predicted octanol–water partition coefficient (Wildman–Crippen LogP) is 2.94. The molecular formula is C16H16N2O2. The van der Waals surface area contributed by atoms with Crippen molar-refractivity contribution in [3.8, 4) is 0 Å². The maximum Gasteiger partial charge on any atom is 0.337 e. The van der Waals surface area contributed by atoms with Gasteiger partial charge in [0.25, 0.3) is 0 Å². The monoisotopic (exact) mass is 268 g/mol. The Morgan fingerprint density at radius 2 is 1.90 bits per heavy atom. The summed E-state index contributed by atoms with van der Waals surface area (Å²) in [6.07, 6.45) is 0.997. The first kappa shape index (κ1) is 12.5. The van der Waals surface area contributed by atoms with Crippen LogP contribution in [0.1, 0.15) is 28.3 Å². The molecule has 0 spiro atoms. The highest BCUT2D eigenvalue weighted by Gasteiger charge is 2.39. The zero-order valence-electron chi connectivity index (χ0n) is 10.9. The Balaban J connectivity index is 1.79. The molecule has 0 radical (unpaired) electrons. The van der Waals surface area contributed by atoms with Crippen LogP contribution in [0.3, 0.4) is 0 Å². The Morgan fingerprint density at radius 1 is 1.15 bits per heavy atom. The van der Waals surface area contributed by atoms with Gasteiger partial charge in [0.05, 0.1) is 16.9 Å². The molecule has 1 aliphatic rings. The normalized spacial score (nSPS) is 20.4. The Hall–Kier alpha value is -2.49. The third kappa shape index (κ3) is 2.32. The standard InChI is InChI=1S/C16H16N2O2/c17-13-8-4-7-11(16(19)20)15(13)18-14-9-12(14)10-5-2-1-3-6-10/h1-8,12,14,18H,9,17H2,(H,19,20). The number of carboxylic acids is 1. The van der Waals surface area contributed by atoms with Gasteiger partial charge in [0.2, 0.25) is 0 Å². The van der Waals surface area contributed by atoms with Gasteiger partial charge in [-0.2, -0.15) is 0 Å². The first-order chi connectivity index (χ1) is 9.66. The van der Waals surface area contributed by atoms with Crippen molar-refractivity contribution in [2.45, 2.75) is 18.4 Å². The Labute approximate surface area is 117 Å². The van der Waals surface area contributed by atoms with Gasteiger partial charge < -0.3 is 16.2 Å². The quantitative estimate of drug-likeness (QED) is 0.745. The van der Waals surface area contributed by atoms with Crippen molar-refractivity contribution in [2.24, 2.45) is 0 Å². The maximum atomic E-state index is 11.2. The lowest BCUT2D eigenvalue weighted by atomic mass is 10.1. The average Bonchev–Trinajstić information content (AvgIpc) is 3.21. The number of para-hydroxylation sites is 1. The van der Waals surface area contributed by atoms with Gasteiger partial charge in [-0.3, -0.25) is 0 Å². The van der Waals surface area contributed by atoms with E-state index in [1.807, 2.05) is 18.2 Å². The Kier molecular flexibility index (Phi) is 3.06. The second-order valence-electron chi connectivity index (χ2n) is 5.08. The van der Waals surface area contributed by atoms with Crippen molar-refractivity contribution >= 4 is 17.3 Å². The van der Waals surface area contributed by atoms with E-state index < -0.39 is 5.97 Å². The van der Waals surface area contributed by atoms with Crippen LogP contribution in [0.5, 0.6) is 0 Å². The van der Waals surface area contributed by atoms with E-state index in [1.165, 1.54) is 5.56 Å². The first-order valence-corrected chi connectivity index (χ1v) is 6.60. The topological polar surface area (TPSA) is 75.4 Å². The molecule has 2 unspecified atom stereocenters. The van der Waals surface area contributed by atoms with Gasteiger partial charge in [-0.05, 0) is 24.1 Å². The lowest BCUT2D eigenvalue weighted by Crippen LogP contribution is -2.11. The van der Waals surface area contributed by atoms with Crippen molar-refractivity contribution in [3.05, 3.63) is 59.7 Å². The van der Waals surface area contributed by atoms with E-state index in [0.717, 1.165) is 6.42 Å². The third-order valence-corrected chi connectivity index (χ3v) is 3.67. The number of hydrogen-bond acceptors (Lipinski definition) is 3. The number of carboxylic acid groups (broad SMARTS) is 1. The summed E-state index contributed by atoms with van der Waals surface area (Å²) in [6.45, 7) is 0. The molecule has 1 aliphatic carbocycles. The molecular weight excluding hydrogens is 252 g/mol. The van der Waals surface area contributed by atoms with Crippen LogP contribution in [0.25, 0.3) is 0 Å². The van der Waals surface area contributed by atoms with Crippen molar-refractivity contribution in [2.75, 3.05) is 11.1 Å². The van der Waals surface area contributed by atoms with Crippen molar-refractivity contribution in [1.82, 2.24) is 0 Å². The number of hydrogen-bond donors (Lipinski definition) is 3. The van der Waals surface area contributed by atoms with Crippen LogP contribution < -0.4 is 11.1 Å². The van der Waals surface area contributed by atoms with Gasteiger partial charge in [0.15, 0.2) is 0 Å². The molecule has 0 aliphatic heterocycles. The van der Waals surface area contributed by atoms with Gasteiger partial charge >= 0.3 is 5.97 Å². The van der Waals surface area contributed by atoms with Crippen LogP contribution in [0, 0.1) is 0 Å². The van der Waals surface area contributed by atoms with E-state index in [-0.39, 0.29) is 11.6 Å². The summed E-state index contributed by atoms with van der Waals surface area (Å²) in [7, 11) is 0. The van der Waals surface area contributed by atoms with E-state index in [9.17, 15) is 9.90 Å². The molecule has 1 saturated carbocycles. The maximum absolute atomic E-state index is 11.2. The molecule has 20 heavy (non-hydrogen) atoms. The van der Waals surface area contributed by atoms with E-state index in [2.05, 4.69) is 17.4 Å². The number of rotatable bonds is 4. The van der Waals surface area contributed by atoms with E-state index >= 15 is 0 Å². The molecule has 4 heteroatoms. The number of nitrogens with one attached hydrogen (secondary N) is 1. The minimum Gasteiger partial charge on any atom is -0.478 e. The molecule has 0 amide bonds. The lowest BCUT2D eigenvalue weighted by molar-refractivity contribution is 0.0698. The van der Waals surface area contributed by atoms with Gasteiger partial charge in [0, 0.05) is 12.0 Å². The second kappa shape index (κ2) is 4.89. The summed E-state index contributed by atoms with van der Waals surface area (Å²) in [5, 5.41) is 12.5. The lowest BCUT2D eigenvalue weighted by Gasteiger charge is -2.12. The largest absolute Gasteiger partial charge is 0.478 e. The molecule has 3 rings (SSSR count). The molecule has 102 valence electrons. The zero-order valence-corrected chi connectivity index (χ0v) is 10.9. The molecule has 1 fully saturated rings. The molecule has 2 atom stereocenters. The van der Waals surface area contributed by atoms with Gasteiger partial charge in [-0.25, -0.2) is 4.79 Å². The summed E-state index contributed by atoms with van der Waals surface area (Å²) in [4.78, 5) is 11.2. The SMILES string of the molecule is Nc1cccc(C(=O)O)c1NC1CC1c1ccccc1. The highest BCUT2D eigenvalue weighted by atomic mass is 16.4. The summed E-state index contributed by atoms with van der Waals surface area (Å²) < 4.78 is 0. The molecule has 2 aromatic carbocycles. The predicted molar refractivity (Wildman–Crippen MR) is 79.0 cm³/mol. The fourth-order valence-corrected chi connectivity index (χ4v) is 2.52. The van der Waals surface area contributed by atoms with Gasteiger partial charge in [-0.15, -0.1) is 0 Å². The summed E-state index contributed by atoms with van der Waals surface area (Å²) >= 11 is 0. The van der Waals surface area contributed by atoms with Crippen LogP contribution in [0.2, 0.25) is 0 Å². The number of benzene rings is 2.